The highest BCUT2D eigenvalue weighted by atomic mass is 32.2. The zero-order valence-electron chi connectivity index (χ0n) is 10.9. The molecule has 0 unspecified atom stereocenters. The molecule has 0 aliphatic carbocycles. The largest absolute Gasteiger partial charge is 0.501 e. The van der Waals surface area contributed by atoms with Gasteiger partial charge in [-0.25, -0.2) is 0 Å². The lowest BCUT2D eigenvalue weighted by molar-refractivity contribution is 0.280. The average Bonchev–Trinajstić information content (AvgIpc) is 2.17. The van der Waals surface area contributed by atoms with Crippen LogP contribution < -0.4 is 0 Å². The minimum absolute atomic E-state index is 0.727. The summed E-state index contributed by atoms with van der Waals surface area (Å²) in [6.07, 6.45) is 3.12. The van der Waals surface area contributed by atoms with E-state index >= 15 is 0 Å². The third-order valence-electron chi connectivity index (χ3n) is 1.97. The minimum atomic E-state index is 0.727. The van der Waals surface area contributed by atoms with E-state index < -0.39 is 0 Å². The molecule has 0 atom stereocenters. The molecule has 0 heterocycles. The van der Waals surface area contributed by atoms with Crippen molar-refractivity contribution >= 4 is 11.8 Å². The van der Waals surface area contributed by atoms with Gasteiger partial charge in [-0.3, -0.25) is 0 Å². The Morgan fingerprint density at radius 2 is 1.93 bits per heavy atom. The van der Waals surface area contributed by atoms with E-state index in [1.807, 2.05) is 11.8 Å². The SMILES string of the molecule is CC/C(=C\C(SCC(C)C)=C(C)C)OC. The van der Waals surface area contributed by atoms with Gasteiger partial charge in [-0.1, -0.05) is 26.3 Å². The second kappa shape index (κ2) is 7.86. The maximum absolute atomic E-state index is 5.30. The fourth-order valence-corrected chi connectivity index (χ4v) is 2.05. The number of methoxy groups -OCH3 is 1. The molecule has 0 radical (unpaired) electrons. The molecule has 0 aromatic rings. The molecule has 0 aromatic heterocycles. The fraction of sp³-hybridized carbons (Fsp3) is 0.692. The number of hydrogen-bond donors (Lipinski definition) is 0. The zero-order chi connectivity index (χ0) is 11.8. The Morgan fingerprint density at radius 3 is 2.27 bits per heavy atom. The summed E-state index contributed by atoms with van der Waals surface area (Å²) in [6, 6.07) is 0. The molecule has 15 heavy (non-hydrogen) atoms. The third-order valence-corrected chi connectivity index (χ3v) is 3.64. The van der Waals surface area contributed by atoms with Crippen LogP contribution in [0.2, 0.25) is 0 Å². The molecule has 0 aliphatic heterocycles. The Hall–Kier alpha value is -0.370. The maximum atomic E-state index is 5.30. The Bertz CT molecular complexity index is 229. The van der Waals surface area contributed by atoms with Crippen molar-refractivity contribution in [3.8, 4) is 0 Å². The summed E-state index contributed by atoms with van der Waals surface area (Å²) in [5, 5.41) is 0. The normalized spacial score (nSPS) is 11.8. The van der Waals surface area contributed by atoms with Gasteiger partial charge in [0.15, 0.2) is 0 Å². The second-order valence-corrected chi connectivity index (χ2v) is 5.30. The summed E-state index contributed by atoms with van der Waals surface area (Å²) in [6.45, 7) is 10.9. The van der Waals surface area contributed by atoms with Crippen LogP contribution in [0.3, 0.4) is 0 Å². The van der Waals surface area contributed by atoms with Crippen molar-refractivity contribution in [2.75, 3.05) is 12.9 Å². The number of allylic oxidation sites excluding steroid dienone is 3. The summed E-state index contributed by atoms with van der Waals surface area (Å²) in [4.78, 5) is 1.35. The average molecular weight is 228 g/mol. The Balaban J connectivity index is 4.56. The zero-order valence-corrected chi connectivity index (χ0v) is 11.7. The summed E-state index contributed by atoms with van der Waals surface area (Å²) < 4.78 is 5.30. The van der Waals surface area contributed by atoms with Crippen molar-refractivity contribution in [1.29, 1.82) is 0 Å². The van der Waals surface area contributed by atoms with Gasteiger partial charge in [0.05, 0.1) is 12.9 Å². The van der Waals surface area contributed by atoms with Crippen LogP contribution in [-0.2, 0) is 4.74 Å². The van der Waals surface area contributed by atoms with Gasteiger partial charge in [-0.05, 0) is 25.8 Å². The van der Waals surface area contributed by atoms with Crippen molar-refractivity contribution in [3.63, 3.8) is 0 Å². The van der Waals surface area contributed by atoms with Gasteiger partial charge in [0.25, 0.3) is 0 Å². The van der Waals surface area contributed by atoms with Crippen LogP contribution in [0.4, 0.5) is 0 Å². The number of thioether (sulfide) groups is 1. The van der Waals surface area contributed by atoms with Crippen LogP contribution in [0.5, 0.6) is 0 Å². The molecule has 0 bridgehead atoms. The predicted octanol–water partition coefficient (Wildman–Crippen LogP) is 4.61. The first-order valence-corrected chi connectivity index (χ1v) is 6.54. The molecule has 1 nitrogen and oxygen atoms in total. The molecular formula is C13H24OS. The summed E-state index contributed by atoms with van der Waals surface area (Å²) in [5.74, 6) is 2.95. The first-order valence-electron chi connectivity index (χ1n) is 5.56. The molecule has 0 amide bonds. The first kappa shape index (κ1) is 14.6. The molecule has 0 N–H and O–H groups in total. The smallest absolute Gasteiger partial charge is 0.0963 e. The molecule has 0 aromatic carbocycles. The number of rotatable bonds is 6. The molecular weight excluding hydrogens is 204 g/mol. The lowest BCUT2D eigenvalue weighted by atomic mass is 10.2. The van der Waals surface area contributed by atoms with Gasteiger partial charge >= 0.3 is 0 Å². The number of hydrogen-bond acceptors (Lipinski definition) is 2. The number of ether oxygens (including phenoxy) is 1. The van der Waals surface area contributed by atoms with E-state index in [9.17, 15) is 0 Å². The van der Waals surface area contributed by atoms with Crippen LogP contribution >= 0.6 is 11.8 Å². The van der Waals surface area contributed by atoms with Crippen LogP contribution in [0, 0.1) is 5.92 Å². The maximum Gasteiger partial charge on any atom is 0.0963 e. The molecule has 0 saturated heterocycles. The quantitative estimate of drug-likeness (QED) is 0.485. The standard InChI is InChI=1S/C13H24OS/c1-7-12(14-6)8-13(11(4)5)15-9-10(2)3/h8,10H,7,9H2,1-6H3/b12-8+. The van der Waals surface area contributed by atoms with Gasteiger partial charge in [0.1, 0.15) is 0 Å². The Morgan fingerprint density at radius 1 is 1.33 bits per heavy atom. The molecule has 0 rings (SSSR count). The monoisotopic (exact) mass is 228 g/mol. The molecule has 88 valence electrons. The Kier molecular flexibility index (Phi) is 7.67. The summed E-state index contributed by atoms with van der Waals surface area (Å²) in [7, 11) is 1.74. The van der Waals surface area contributed by atoms with Crippen LogP contribution in [0.1, 0.15) is 41.0 Å². The van der Waals surface area contributed by atoms with Crippen LogP contribution in [0.25, 0.3) is 0 Å². The van der Waals surface area contributed by atoms with E-state index in [1.54, 1.807) is 7.11 Å². The van der Waals surface area contributed by atoms with Gasteiger partial charge in [-0.15, -0.1) is 11.8 Å². The van der Waals surface area contributed by atoms with E-state index in [2.05, 4.69) is 40.7 Å². The summed E-state index contributed by atoms with van der Waals surface area (Å²) >= 11 is 1.92. The van der Waals surface area contributed by atoms with E-state index in [4.69, 9.17) is 4.74 Å². The minimum Gasteiger partial charge on any atom is -0.501 e. The Labute approximate surface area is 99.0 Å². The van der Waals surface area contributed by atoms with Crippen molar-refractivity contribution < 1.29 is 4.74 Å². The first-order chi connectivity index (χ1) is 7.01. The highest BCUT2D eigenvalue weighted by Crippen LogP contribution is 2.25. The molecule has 0 fully saturated rings. The topological polar surface area (TPSA) is 9.23 Å². The molecule has 0 aliphatic rings. The van der Waals surface area contributed by atoms with Gasteiger partial charge < -0.3 is 4.74 Å². The lowest BCUT2D eigenvalue weighted by Crippen LogP contribution is -1.93. The van der Waals surface area contributed by atoms with Crippen LogP contribution in [0.15, 0.2) is 22.3 Å². The van der Waals surface area contributed by atoms with Crippen molar-refractivity contribution in [3.05, 3.63) is 22.3 Å². The van der Waals surface area contributed by atoms with Crippen molar-refractivity contribution in [2.45, 2.75) is 41.0 Å². The van der Waals surface area contributed by atoms with Crippen LogP contribution in [-0.4, -0.2) is 12.9 Å². The van der Waals surface area contributed by atoms with Gasteiger partial charge in [0.2, 0.25) is 0 Å². The summed E-state index contributed by atoms with van der Waals surface area (Å²) in [5.41, 5.74) is 1.36. The van der Waals surface area contributed by atoms with Gasteiger partial charge in [0, 0.05) is 17.1 Å². The second-order valence-electron chi connectivity index (χ2n) is 4.24. The predicted molar refractivity (Wildman–Crippen MR) is 71.1 cm³/mol. The van der Waals surface area contributed by atoms with E-state index in [0.29, 0.717) is 0 Å². The van der Waals surface area contributed by atoms with Crippen molar-refractivity contribution in [1.82, 2.24) is 0 Å². The van der Waals surface area contributed by atoms with Crippen molar-refractivity contribution in [2.24, 2.45) is 5.92 Å². The van der Waals surface area contributed by atoms with E-state index in [0.717, 1.165) is 23.9 Å². The highest BCUT2D eigenvalue weighted by molar-refractivity contribution is 8.03. The molecule has 0 spiro atoms. The molecule has 2 heteroatoms. The van der Waals surface area contributed by atoms with E-state index in [-0.39, 0.29) is 0 Å². The molecule has 0 saturated carbocycles. The lowest BCUT2D eigenvalue weighted by Gasteiger charge is -2.10. The third kappa shape index (κ3) is 6.67. The highest BCUT2D eigenvalue weighted by Gasteiger charge is 2.02. The van der Waals surface area contributed by atoms with Gasteiger partial charge in [-0.2, -0.15) is 0 Å². The fourth-order valence-electron chi connectivity index (χ4n) is 1.04. The van der Waals surface area contributed by atoms with E-state index in [1.165, 1.54) is 10.5 Å².